The van der Waals surface area contributed by atoms with Crippen LogP contribution in [0.1, 0.15) is 21.7 Å². The van der Waals surface area contributed by atoms with Crippen molar-refractivity contribution in [2.45, 2.75) is 6.92 Å². The van der Waals surface area contributed by atoms with Crippen LogP contribution in [0.4, 0.5) is 0 Å². The second-order valence-electron chi connectivity index (χ2n) is 4.96. The third-order valence-corrected chi connectivity index (χ3v) is 4.38. The van der Waals surface area contributed by atoms with E-state index in [1.165, 1.54) is 6.21 Å². The average molecular weight is 382 g/mol. The van der Waals surface area contributed by atoms with Crippen LogP contribution in [0.3, 0.4) is 0 Å². The summed E-state index contributed by atoms with van der Waals surface area (Å²) in [7, 11) is 0. The predicted molar refractivity (Wildman–Crippen MR) is 96.5 cm³/mol. The minimum absolute atomic E-state index is 0.363. The number of hydrogen-bond donors (Lipinski definition) is 1. The Labute approximate surface area is 152 Å². The van der Waals surface area contributed by atoms with Crippen LogP contribution in [0.5, 0.6) is 0 Å². The summed E-state index contributed by atoms with van der Waals surface area (Å²) < 4.78 is 1.62. The van der Waals surface area contributed by atoms with Crippen LogP contribution >= 0.6 is 34.8 Å². The first-order valence-electron chi connectivity index (χ1n) is 6.89. The maximum atomic E-state index is 12.4. The molecule has 0 spiro atoms. The number of aromatic nitrogens is 2. The van der Waals surface area contributed by atoms with Gasteiger partial charge >= 0.3 is 0 Å². The quantitative estimate of drug-likeness (QED) is 0.541. The zero-order valence-electron chi connectivity index (χ0n) is 12.4. The zero-order chi connectivity index (χ0) is 17.3. The van der Waals surface area contributed by atoms with Gasteiger partial charge < -0.3 is 0 Å². The Morgan fingerprint density at radius 3 is 2.83 bits per heavy atom. The Morgan fingerprint density at radius 1 is 1.25 bits per heavy atom. The van der Waals surface area contributed by atoms with Gasteiger partial charge in [-0.2, -0.15) is 5.10 Å². The maximum Gasteiger partial charge on any atom is 0.290 e. The van der Waals surface area contributed by atoms with Gasteiger partial charge in [0, 0.05) is 11.8 Å². The molecule has 0 saturated heterocycles. The van der Waals surface area contributed by atoms with Crippen molar-refractivity contribution in [2.75, 3.05) is 0 Å². The summed E-state index contributed by atoms with van der Waals surface area (Å²) in [5.41, 5.74) is 4.62. The molecule has 0 fully saturated rings. The highest BCUT2D eigenvalue weighted by Gasteiger charge is 2.16. The number of benzene rings is 1. The first-order valence-corrected chi connectivity index (χ1v) is 8.02. The lowest BCUT2D eigenvalue weighted by atomic mass is 10.2. The monoisotopic (exact) mass is 380 g/mol. The Kier molecular flexibility index (Phi) is 4.76. The number of carbonyl (C=O) groups excluding carboxylic acids is 1. The van der Waals surface area contributed by atoms with Gasteiger partial charge in [-0.1, -0.05) is 46.9 Å². The molecule has 24 heavy (non-hydrogen) atoms. The molecule has 0 aliphatic heterocycles. The number of halogens is 3. The third kappa shape index (κ3) is 3.24. The minimum atomic E-state index is -0.406. The smallest absolute Gasteiger partial charge is 0.290 e. The molecule has 3 rings (SSSR count). The van der Waals surface area contributed by atoms with Crippen LogP contribution in [0, 0.1) is 6.92 Å². The Hall–Kier alpha value is -2.08. The fourth-order valence-electron chi connectivity index (χ4n) is 2.24. The molecule has 0 radical (unpaired) electrons. The molecule has 0 saturated carbocycles. The summed E-state index contributed by atoms with van der Waals surface area (Å²) >= 11 is 18.0. The van der Waals surface area contributed by atoms with Crippen LogP contribution in [-0.4, -0.2) is 21.5 Å². The molecule has 0 aliphatic rings. The first kappa shape index (κ1) is 16.8. The van der Waals surface area contributed by atoms with Crippen molar-refractivity contribution in [3.05, 3.63) is 68.5 Å². The van der Waals surface area contributed by atoms with Crippen molar-refractivity contribution < 1.29 is 4.79 Å². The number of nitrogens with zero attached hydrogens (tertiary/aromatic N) is 3. The number of hydrogen-bond acceptors (Lipinski definition) is 3. The summed E-state index contributed by atoms with van der Waals surface area (Å²) in [6.45, 7) is 1.74. The van der Waals surface area contributed by atoms with Crippen molar-refractivity contribution >= 4 is 52.6 Å². The lowest BCUT2D eigenvalue weighted by Gasteiger charge is -2.03. The SMILES string of the molecule is Cc1nc2ccc(Cl)cn2c1C(=O)N/N=C\c1cccc(Cl)c1Cl. The molecule has 8 heteroatoms. The van der Waals surface area contributed by atoms with Gasteiger partial charge in [-0.3, -0.25) is 9.20 Å². The molecule has 2 aromatic heterocycles. The maximum absolute atomic E-state index is 12.4. The van der Waals surface area contributed by atoms with Crippen molar-refractivity contribution in [1.82, 2.24) is 14.8 Å². The highest BCUT2D eigenvalue weighted by atomic mass is 35.5. The van der Waals surface area contributed by atoms with Crippen molar-refractivity contribution in [1.29, 1.82) is 0 Å². The van der Waals surface area contributed by atoms with Gasteiger partial charge in [0.05, 0.1) is 27.0 Å². The van der Waals surface area contributed by atoms with Crippen molar-refractivity contribution in [2.24, 2.45) is 5.10 Å². The third-order valence-electron chi connectivity index (χ3n) is 3.32. The first-order chi connectivity index (χ1) is 11.5. The number of aryl methyl sites for hydroxylation is 1. The molecule has 5 nitrogen and oxygen atoms in total. The van der Waals surface area contributed by atoms with E-state index in [4.69, 9.17) is 34.8 Å². The Morgan fingerprint density at radius 2 is 2.04 bits per heavy atom. The molecule has 1 aromatic carbocycles. The molecular formula is C16H11Cl3N4O. The van der Waals surface area contributed by atoms with Gasteiger partial charge in [0.15, 0.2) is 0 Å². The molecule has 0 aliphatic carbocycles. The van der Waals surface area contributed by atoms with Crippen LogP contribution in [0.15, 0.2) is 41.6 Å². The number of hydrazone groups is 1. The van der Waals surface area contributed by atoms with E-state index in [0.717, 1.165) is 0 Å². The minimum Gasteiger partial charge on any atom is -0.294 e. The topological polar surface area (TPSA) is 58.8 Å². The summed E-state index contributed by atoms with van der Waals surface area (Å²) in [4.78, 5) is 16.7. The van der Waals surface area contributed by atoms with Gasteiger partial charge in [0.1, 0.15) is 11.3 Å². The van der Waals surface area contributed by atoms with Gasteiger partial charge in [-0.25, -0.2) is 10.4 Å². The van der Waals surface area contributed by atoms with E-state index in [0.29, 0.717) is 37.7 Å². The highest BCUT2D eigenvalue weighted by Crippen LogP contribution is 2.24. The second-order valence-corrected chi connectivity index (χ2v) is 6.19. The van der Waals surface area contributed by atoms with E-state index in [1.807, 2.05) is 0 Å². The number of carbonyl (C=O) groups is 1. The van der Waals surface area contributed by atoms with Crippen molar-refractivity contribution in [3.63, 3.8) is 0 Å². The lowest BCUT2D eigenvalue weighted by molar-refractivity contribution is 0.0948. The van der Waals surface area contributed by atoms with Crippen LogP contribution in [0.25, 0.3) is 5.65 Å². The summed E-state index contributed by atoms with van der Waals surface area (Å²) in [5.74, 6) is -0.406. The van der Waals surface area contributed by atoms with E-state index in [1.54, 1.807) is 47.9 Å². The number of nitrogens with one attached hydrogen (secondary N) is 1. The molecule has 2 heterocycles. The number of amides is 1. The summed E-state index contributed by atoms with van der Waals surface area (Å²) in [6, 6.07) is 8.61. The fourth-order valence-corrected chi connectivity index (χ4v) is 2.76. The molecule has 1 N–H and O–H groups in total. The molecule has 122 valence electrons. The average Bonchev–Trinajstić information content (AvgIpc) is 2.86. The van der Waals surface area contributed by atoms with E-state index >= 15 is 0 Å². The molecule has 0 bridgehead atoms. The Bertz CT molecular complexity index is 965. The number of imidazole rings is 1. The van der Waals surface area contributed by atoms with E-state index in [2.05, 4.69) is 15.5 Å². The summed E-state index contributed by atoms with van der Waals surface area (Å²) in [6.07, 6.45) is 3.06. The normalized spacial score (nSPS) is 11.3. The zero-order valence-corrected chi connectivity index (χ0v) is 14.7. The molecular weight excluding hydrogens is 371 g/mol. The van der Waals surface area contributed by atoms with Crippen LogP contribution < -0.4 is 5.43 Å². The molecule has 0 unspecified atom stereocenters. The molecule has 3 aromatic rings. The van der Waals surface area contributed by atoms with Crippen LogP contribution in [-0.2, 0) is 0 Å². The largest absolute Gasteiger partial charge is 0.294 e. The van der Waals surface area contributed by atoms with E-state index < -0.39 is 5.91 Å². The van der Waals surface area contributed by atoms with E-state index in [-0.39, 0.29) is 0 Å². The fraction of sp³-hybridized carbons (Fsp3) is 0.0625. The van der Waals surface area contributed by atoms with Gasteiger partial charge in [-0.15, -0.1) is 0 Å². The van der Waals surface area contributed by atoms with Gasteiger partial charge in [0.25, 0.3) is 5.91 Å². The lowest BCUT2D eigenvalue weighted by Crippen LogP contribution is -2.20. The van der Waals surface area contributed by atoms with Gasteiger partial charge in [-0.05, 0) is 25.1 Å². The Balaban J connectivity index is 1.85. The molecule has 1 amide bonds. The molecule has 0 atom stereocenters. The predicted octanol–water partition coefficient (Wildman–Crippen LogP) is 4.37. The van der Waals surface area contributed by atoms with Gasteiger partial charge in [0.2, 0.25) is 0 Å². The van der Waals surface area contributed by atoms with Crippen molar-refractivity contribution in [3.8, 4) is 0 Å². The van der Waals surface area contributed by atoms with Crippen LogP contribution in [0.2, 0.25) is 15.1 Å². The highest BCUT2D eigenvalue weighted by molar-refractivity contribution is 6.43. The number of pyridine rings is 1. The summed E-state index contributed by atoms with van der Waals surface area (Å²) in [5, 5.41) is 5.22. The number of fused-ring (bicyclic) bond motifs is 1. The van der Waals surface area contributed by atoms with E-state index in [9.17, 15) is 4.79 Å². The standard InChI is InChI=1S/C16H11Cl3N4O/c1-9-15(23-8-11(17)5-6-13(23)21-9)16(24)22-20-7-10-3-2-4-12(18)14(10)19/h2-8H,1H3,(H,22,24)/b20-7-. The second kappa shape index (κ2) is 6.81. The number of rotatable bonds is 3.